The molecule has 0 spiro atoms. The zero-order valence-electron chi connectivity index (χ0n) is 9.97. The third kappa shape index (κ3) is 3.64. The van der Waals surface area contributed by atoms with Crippen molar-refractivity contribution in [3.05, 3.63) is 23.8 Å². The van der Waals surface area contributed by atoms with E-state index in [0.717, 1.165) is 5.56 Å². The third-order valence-corrected chi connectivity index (χ3v) is 2.28. The number of aromatic hydroxyl groups is 1. The van der Waals surface area contributed by atoms with Gasteiger partial charge in [0.1, 0.15) is 6.04 Å². The number of nitrogens with two attached hydrogens (primary N) is 1. The van der Waals surface area contributed by atoms with Gasteiger partial charge in [-0.15, -0.1) is 0 Å². The highest BCUT2D eigenvalue weighted by Crippen LogP contribution is 2.27. The highest BCUT2D eigenvalue weighted by molar-refractivity contribution is 5.75. The highest BCUT2D eigenvalue weighted by Gasteiger charge is 2.15. The van der Waals surface area contributed by atoms with Gasteiger partial charge in [-0.2, -0.15) is 0 Å². The van der Waals surface area contributed by atoms with Crippen LogP contribution in [-0.2, 0) is 16.0 Å². The molecule has 1 rings (SSSR count). The third-order valence-electron chi connectivity index (χ3n) is 2.28. The van der Waals surface area contributed by atoms with Crippen LogP contribution in [0.5, 0.6) is 11.5 Å². The fourth-order valence-corrected chi connectivity index (χ4v) is 1.45. The Morgan fingerprint density at radius 1 is 1.53 bits per heavy atom. The average Bonchev–Trinajstić information content (AvgIpc) is 2.32. The van der Waals surface area contributed by atoms with Crippen molar-refractivity contribution >= 4 is 5.97 Å². The lowest BCUT2D eigenvalue weighted by Crippen LogP contribution is -2.33. The minimum absolute atomic E-state index is 0.0715. The Hall–Kier alpha value is -1.75. The number of hydrogen-bond donors (Lipinski definition) is 2. The van der Waals surface area contributed by atoms with E-state index in [2.05, 4.69) is 4.74 Å². The number of methoxy groups -OCH3 is 1. The number of hydrogen-bond acceptors (Lipinski definition) is 5. The van der Waals surface area contributed by atoms with Crippen molar-refractivity contribution in [2.75, 3.05) is 13.7 Å². The summed E-state index contributed by atoms with van der Waals surface area (Å²) >= 11 is 0. The maximum absolute atomic E-state index is 11.2. The number of esters is 1. The fraction of sp³-hybridized carbons (Fsp3) is 0.417. The van der Waals surface area contributed by atoms with Gasteiger partial charge in [0.25, 0.3) is 0 Å². The molecular formula is C12H17NO4. The van der Waals surface area contributed by atoms with Gasteiger partial charge >= 0.3 is 5.97 Å². The molecular weight excluding hydrogens is 222 g/mol. The Morgan fingerprint density at radius 2 is 2.24 bits per heavy atom. The molecule has 5 nitrogen and oxygen atoms in total. The first-order chi connectivity index (χ1) is 8.08. The molecule has 0 aliphatic heterocycles. The first-order valence-corrected chi connectivity index (χ1v) is 5.36. The molecule has 0 aliphatic rings. The molecule has 0 fully saturated rings. The minimum Gasteiger partial charge on any atom is -0.504 e. The summed E-state index contributed by atoms with van der Waals surface area (Å²) in [7, 11) is 1.30. The summed E-state index contributed by atoms with van der Waals surface area (Å²) in [5.41, 5.74) is 6.45. The van der Waals surface area contributed by atoms with E-state index in [0.29, 0.717) is 18.8 Å². The van der Waals surface area contributed by atoms with Crippen LogP contribution in [0.3, 0.4) is 0 Å². The van der Waals surface area contributed by atoms with Gasteiger partial charge < -0.3 is 20.3 Å². The first kappa shape index (κ1) is 13.3. The predicted octanol–water partition coefficient (Wildman–Crippen LogP) is 0.834. The molecule has 0 saturated carbocycles. The fourth-order valence-electron chi connectivity index (χ4n) is 1.45. The van der Waals surface area contributed by atoms with Crippen LogP contribution < -0.4 is 10.5 Å². The number of ether oxygens (including phenoxy) is 2. The van der Waals surface area contributed by atoms with Crippen LogP contribution in [0, 0.1) is 0 Å². The molecule has 0 amide bonds. The Bertz CT molecular complexity index is 392. The number of carbonyl (C=O) groups excluding carboxylic acids is 1. The number of phenolic OH excluding ortho intramolecular Hbond substituents is 1. The molecule has 0 bridgehead atoms. The smallest absolute Gasteiger partial charge is 0.322 e. The van der Waals surface area contributed by atoms with Crippen LogP contribution in [0.15, 0.2) is 18.2 Å². The van der Waals surface area contributed by atoms with E-state index in [1.807, 2.05) is 6.92 Å². The summed E-state index contributed by atoms with van der Waals surface area (Å²) in [5, 5.41) is 9.51. The van der Waals surface area contributed by atoms with Crippen LogP contribution in [0.4, 0.5) is 0 Å². The van der Waals surface area contributed by atoms with Crippen molar-refractivity contribution in [1.82, 2.24) is 0 Å². The number of benzene rings is 1. The molecule has 94 valence electrons. The molecule has 0 radical (unpaired) electrons. The van der Waals surface area contributed by atoms with Crippen LogP contribution in [0.2, 0.25) is 0 Å². The molecule has 0 aliphatic carbocycles. The summed E-state index contributed by atoms with van der Waals surface area (Å²) in [4.78, 5) is 11.2. The van der Waals surface area contributed by atoms with Gasteiger partial charge in [-0.1, -0.05) is 6.07 Å². The van der Waals surface area contributed by atoms with E-state index >= 15 is 0 Å². The van der Waals surface area contributed by atoms with Crippen LogP contribution in [0.1, 0.15) is 12.5 Å². The molecule has 0 saturated heterocycles. The van der Waals surface area contributed by atoms with Gasteiger partial charge in [0.15, 0.2) is 11.5 Å². The molecule has 1 atom stereocenters. The SMILES string of the molecule is CCOc1cc(CC(N)C(=O)OC)ccc1O. The summed E-state index contributed by atoms with van der Waals surface area (Å²) in [6.07, 6.45) is 0.340. The van der Waals surface area contributed by atoms with Crippen LogP contribution in [-0.4, -0.2) is 30.8 Å². The van der Waals surface area contributed by atoms with E-state index in [1.165, 1.54) is 13.2 Å². The van der Waals surface area contributed by atoms with Crippen LogP contribution in [0.25, 0.3) is 0 Å². The van der Waals surface area contributed by atoms with Crippen molar-refractivity contribution in [3.63, 3.8) is 0 Å². The van der Waals surface area contributed by atoms with Gasteiger partial charge in [-0.3, -0.25) is 4.79 Å². The minimum atomic E-state index is -0.709. The lowest BCUT2D eigenvalue weighted by molar-refractivity contribution is -0.142. The molecule has 3 N–H and O–H groups in total. The van der Waals surface area contributed by atoms with Crippen molar-refractivity contribution in [2.24, 2.45) is 5.73 Å². The molecule has 1 aromatic rings. The largest absolute Gasteiger partial charge is 0.504 e. The second kappa shape index (κ2) is 6.10. The number of phenols is 1. The zero-order chi connectivity index (χ0) is 12.8. The molecule has 0 heterocycles. The first-order valence-electron chi connectivity index (χ1n) is 5.36. The van der Waals surface area contributed by atoms with Crippen molar-refractivity contribution in [3.8, 4) is 11.5 Å². The lowest BCUT2D eigenvalue weighted by Gasteiger charge is -2.11. The van der Waals surface area contributed by atoms with Crippen molar-refractivity contribution in [2.45, 2.75) is 19.4 Å². The van der Waals surface area contributed by atoms with Gasteiger partial charge in [-0.25, -0.2) is 0 Å². The van der Waals surface area contributed by atoms with Gasteiger partial charge in [0.2, 0.25) is 0 Å². The van der Waals surface area contributed by atoms with Gasteiger partial charge in [0, 0.05) is 0 Å². The molecule has 1 unspecified atom stereocenters. The van der Waals surface area contributed by atoms with Gasteiger partial charge in [-0.05, 0) is 31.0 Å². The summed E-state index contributed by atoms with van der Waals surface area (Å²) < 4.78 is 9.78. The maximum atomic E-state index is 11.2. The van der Waals surface area contributed by atoms with Crippen molar-refractivity contribution < 1.29 is 19.4 Å². The number of carbonyl (C=O) groups is 1. The predicted molar refractivity (Wildman–Crippen MR) is 63.0 cm³/mol. The van der Waals surface area contributed by atoms with E-state index in [1.54, 1.807) is 12.1 Å². The second-order valence-electron chi connectivity index (χ2n) is 3.57. The second-order valence-corrected chi connectivity index (χ2v) is 3.57. The topological polar surface area (TPSA) is 81.8 Å². The molecule has 0 aromatic heterocycles. The summed E-state index contributed by atoms with van der Waals surface area (Å²) in [5.74, 6) is 0.000315. The lowest BCUT2D eigenvalue weighted by atomic mass is 10.1. The monoisotopic (exact) mass is 239 g/mol. The maximum Gasteiger partial charge on any atom is 0.322 e. The standard InChI is InChI=1S/C12H17NO4/c1-3-17-11-7-8(4-5-10(11)14)6-9(13)12(15)16-2/h4-5,7,9,14H,3,6,13H2,1-2H3. The Labute approximate surface area is 100 Å². The Kier molecular flexibility index (Phi) is 4.78. The van der Waals surface area contributed by atoms with E-state index in [-0.39, 0.29) is 5.75 Å². The summed E-state index contributed by atoms with van der Waals surface area (Å²) in [6, 6.07) is 4.17. The van der Waals surface area contributed by atoms with E-state index in [4.69, 9.17) is 10.5 Å². The van der Waals surface area contributed by atoms with Crippen LogP contribution >= 0.6 is 0 Å². The molecule has 5 heteroatoms. The highest BCUT2D eigenvalue weighted by atomic mass is 16.5. The van der Waals surface area contributed by atoms with Gasteiger partial charge in [0.05, 0.1) is 13.7 Å². The van der Waals surface area contributed by atoms with E-state index < -0.39 is 12.0 Å². The zero-order valence-corrected chi connectivity index (χ0v) is 9.97. The Balaban J connectivity index is 2.78. The Morgan fingerprint density at radius 3 is 2.82 bits per heavy atom. The van der Waals surface area contributed by atoms with E-state index in [9.17, 15) is 9.90 Å². The number of rotatable bonds is 5. The van der Waals surface area contributed by atoms with Crippen molar-refractivity contribution in [1.29, 1.82) is 0 Å². The molecule has 1 aromatic carbocycles. The normalized spacial score (nSPS) is 11.9. The molecule has 17 heavy (non-hydrogen) atoms. The summed E-state index contributed by atoms with van der Waals surface area (Å²) in [6.45, 7) is 2.28. The average molecular weight is 239 g/mol. The quantitative estimate of drug-likeness (QED) is 0.744.